The minimum absolute atomic E-state index is 0.174. The number of benzene rings is 1. The highest BCUT2D eigenvalue weighted by atomic mass is 127. The van der Waals surface area contributed by atoms with Crippen LogP contribution in [0.3, 0.4) is 0 Å². The zero-order valence-electron chi connectivity index (χ0n) is 5.70. The van der Waals surface area contributed by atoms with Crippen molar-refractivity contribution in [2.45, 2.75) is 0 Å². The number of rotatable bonds is 1. The summed E-state index contributed by atoms with van der Waals surface area (Å²) in [6.45, 7) is 0. The van der Waals surface area contributed by atoms with E-state index in [2.05, 4.69) is 0 Å². The maximum absolute atomic E-state index is 13.0. The SMILES string of the molecule is COc1cc(I)c(F)c(I)c1. The van der Waals surface area contributed by atoms with E-state index in [1.165, 1.54) is 0 Å². The number of hydrogen-bond acceptors (Lipinski definition) is 1. The quantitative estimate of drug-likeness (QED) is 0.540. The fourth-order valence-electron chi connectivity index (χ4n) is 0.650. The molecule has 0 heterocycles. The van der Waals surface area contributed by atoms with Gasteiger partial charge in [0, 0.05) is 0 Å². The van der Waals surface area contributed by atoms with Crippen molar-refractivity contribution < 1.29 is 9.13 Å². The molecule has 60 valence electrons. The summed E-state index contributed by atoms with van der Waals surface area (Å²) in [5, 5.41) is 0. The molecular formula is C7H5FI2O. The Bertz CT molecular complexity index is 252. The lowest BCUT2D eigenvalue weighted by atomic mass is 10.3. The van der Waals surface area contributed by atoms with Gasteiger partial charge in [-0.1, -0.05) is 0 Å². The third kappa shape index (κ3) is 2.17. The van der Waals surface area contributed by atoms with Crippen molar-refractivity contribution in [3.8, 4) is 5.75 Å². The minimum Gasteiger partial charge on any atom is -0.497 e. The Labute approximate surface area is 91.6 Å². The van der Waals surface area contributed by atoms with Crippen LogP contribution >= 0.6 is 45.2 Å². The van der Waals surface area contributed by atoms with Crippen molar-refractivity contribution in [3.63, 3.8) is 0 Å². The number of hydrogen-bond donors (Lipinski definition) is 0. The van der Waals surface area contributed by atoms with Crippen molar-refractivity contribution in [2.24, 2.45) is 0 Å². The highest BCUT2D eigenvalue weighted by molar-refractivity contribution is 14.1. The first-order valence-electron chi connectivity index (χ1n) is 2.83. The second kappa shape index (κ2) is 3.88. The summed E-state index contributed by atoms with van der Waals surface area (Å²) in [7, 11) is 1.57. The summed E-state index contributed by atoms with van der Waals surface area (Å²) in [5.74, 6) is 0.521. The molecule has 1 aromatic carbocycles. The standard InChI is InChI=1S/C7H5FI2O/c1-11-4-2-5(9)7(8)6(10)3-4/h2-3H,1H3. The largest absolute Gasteiger partial charge is 0.497 e. The summed E-state index contributed by atoms with van der Waals surface area (Å²) in [4.78, 5) is 0. The normalized spacial score (nSPS) is 9.82. The van der Waals surface area contributed by atoms with E-state index in [0.29, 0.717) is 12.9 Å². The molecule has 0 aliphatic carbocycles. The molecule has 0 fully saturated rings. The number of halogens is 3. The zero-order chi connectivity index (χ0) is 8.43. The van der Waals surface area contributed by atoms with Gasteiger partial charge in [0.25, 0.3) is 0 Å². The minimum atomic E-state index is -0.174. The molecule has 0 radical (unpaired) electrons. The lowest BCUT2D eigenvalue weighted by Gasteiger charge is -2.02. The van der Waals surface area contributed by atoms with Crippen LogP contribution in [0.2, 0.25) is 0 Å². The average molecular weight is 378 g/mol. The molecule has 0 saturated carbocycles. The van der Waals surface area contributed by atoms with E-state index in [0.717, 1.165) is 0 Å². The van der Waals surface area contributed by atoms with E-state index < -0.39 is 0 Å². The Kier molecular flexibility index (Phi) is 3.35. The monoisotopic (exact) mass is 378 g/mol. The molecule has 0 amide bonds. The van der Waals surface area contributed by atoms with E-state index >= 15 is 0 Å². The van der Waals surface area contributed by atoms with Crippen molar-refractivity contribution >= 4 is 45.2 Å². The van der Waals surface area contributed by atoms with Gasteiger partial charge in [-0.3, -0.25) is 0 Å². The van der Waals surface area contributed by atoms with Crippen molar-refractivity contribution in [1.29, 1.82) is 0 Å². The predicted molar refractivity (Wildman–Crippen MR) is 58.4 cm³/mol. The zero-order valence-corrected chi connectivity index (χ0v) is 10.0. The molecule has 11 heavy (non-hydrogen) atoms. The first-order valence-corrected chi connectivity index (χ1v) is 4.99. The molecule has 1 nitrogen and oxygen atoms in total. The lowest BCUT2D eigenvalue weighted by Crippen LogP contribution is -1.90. The number of methoxy groups -OCH3 is 1. The van der Waals surface area contributed by atoms with E-state index in [1.807, 2.05) is 45.2 Å². The summed E-state index contributed by atoms with van der Waals surface area (Å²) >= 11 is 3.88. The molecule has 0 aliphatic rings. The van der Waals surface area contributed by atoms with Crippen LogP contribution in [0.4, 0.5) is 4.39 Å². The predicted octanol–water partition coefficient (Wildman–Crippen LogP) is 3.04. The van der Waals surface area contributed by atoms with Crippen LogP contribution in [0.1, 0.15) is 0 Å². The molecule has 0 aliphatic heterocycles. The maximum atomic E-state index is 13.0. The maximum Gasteiger partial charge on any atom is 0.150 e. The van der Waals surface area contributed by atoms with Crippen LogP contribution < -0.4 is 4.74 Å². The molecule has 1 aromatic rings. The van der Waals surface area contributed by atoms with Gasteiger partial charge in [-0.05, 0) is 57.3 Å². The first-order chi connectivity index (χ1) is 5.15. The van der Waals surface area contributed by atoms with Crippen LogP contribution in [-0.4, -0.2) is 7.11 Å². The van der Waals surface area contributed by atoms with Gasteiger partial charge in [-0.2, -0.15) is 0 Å². The molecule has 0 bridgehead atoms. The van der Waals surface area contributed by atoms with Gasteiger partial charge in [0.2, 0.25) is 0 Å². The summed E-state index contributed by atoms with van der Waals surface area (Å²) in [6, 6.07) is 3.33. The van der Waals surface area contributed by atoms with Crippen molar-refractivity contribution in [1.82, 2.24) is 0 Å². The van der Waals surface area contributed by atoms with Crippen LogP contribution in [-0.2, 0) is 0 Å². The smallest absolute Gasteiger partial charge is 0.150 e. The van der Waals surface area contributed by atoms with Gasteiger partial charge in [-0.25, -0.2) is 4.39 Å². The summed E-state index contributed by atoms with van der Waals surface area (Å²) in [6.07, 6.45) is 0. The number of ether oxygens (including phenoxy) is 1. The van der Waals surface area contributed by atoms with Crippen LogP contribution in [0.25, 0.3) is 0 Å². The fraction of sp³-hybridized carbons (Fsp3) is 0.143. The molecule has 0 unspecified atom stereocenters. The van der Waals surface area contributed by atoms with Gasteiger partial charge in [0.15, 0.2) is 0 Å². The first kappa shape index (κ1) is 9.50. The van der Waals surface area contributed by atoms with Crippen LogP contribution in [0.15, 0.2) is 12.1 Å². The Morgan fingerprint density at radius 2 is 1.73 bits per heavy atom. The van der Waals surface area contributed by atoms with Crippen molar-refractivity contribution in [3.05, 3.63) is 25.1 Å². The van der Waals surface area contributed by atoms with Gasteiger partial charge in [0.05, 0.1) is 14.3 Å². The summed E-state index contributed by atoms with van der Waals surface area (Å²) in [5.41, 5.74) is 0. The Morgan fingerprint density at radius 1 is 1.27 bits per heavy atom. The molecule has 1 rings (SSSR count). The molecule has 0 spiro atoms. The van der Waals surface area contributed by atoms with Crippen LogP contribution in [0.5, 0.6) is 5.75 Å². The van der Waals surface area contributed by atoms with E-state index in [4.69, 9.17) is 4.74 Å². The Morgan fingerprint density at radius 3 is 2.09 bits per heavy atom. The molecule has 0 aromatic heterocycles. The van der Waals surface area contributed by atoms with Crippen LogP contribution in [0, 0.1) is 13.0 Å². The summed E-state index contributed by atoms with van der Waals surface area (Å²) < 4.78 is 19.1. The lowest BCUT2D eigenvalue weighted by molar-refractivity contribution is 0.412. The second-order valence-electron chi connectivity index (χ2n) is 1.91. The molecule has 4 heteroatoms. The Hall–Kier alpha value is 0.410. The van der Waals surface area contributed by atoms with Gasteiger partial charge in [-0.15, -0.1) is 0 Å². The third-order valence-electron chi connectivity index (χ3n) is 1.19. The molecular weight excluding hydrogens is 373 g/mol. The molecule has 0 N–H and O–H groups in total. The second-order valence-corrected chi connectivity index (χ2v) is 4.23. The highest BCUT2D eigenvalue weighted by Crippen LogP contribution is 2.23. The highest BCUT2D eigenvalue weighted by Gasteiger charge is 2.05. The Balaban J connectivity index is 3.21. The van der Waals surface area contributed by atoms with E-state index in [1.54, 1.807) is 19.2 Å². The van der Waals surface area contributed by atoms with E-state index in [-0.39, 0.29) is 5.82 Å². The topological polar surface area (TPSA) is 9.23 Å². The molecule has 0 saturated heterocycles. The third-order valence-corrected chi connectivity index (χ3v) is 2.76. The van der Waals surface area contributed by atoms with Gasteiger partial charge >= 0.3 is 0 Å². The van der Waals surface area contributed by atoms with Gasteiger partial charge in [0.1, 0.15) is 11.6 Å². The van der Waals surface area contributed by atoms with Gasteiger partial charge < -0.3 is 4.74 Å². The van der Waals surface area contributed by atoms with Crippen molar-refractivity contribution in [2.75, 3.05) is 7.11 Å². The van der Waals surface area contributed by atoms with E-state index in [9.17, 15) is 4.39 Å². The average Bonchev–Trinajstić information content (AvgIpc) is 1.99. The molecule has 0 atom stereocenters. The fourth-order valence-corrected chi connectivity index (χ4v) is 2.36.